The van der Waals surface area contributed by atoms with Gasteiger partial charge in [-0.05, 0) is 0 Å². The van der Waals surface area contributed by atoms with Crippen LogP contribution in [0.15, 0.2) is 0 Å². The zero-order chi connectivity index (χ0) is 31.5. The average Bonchev–Trinajstić information content (AvgIpc) is 2.95. The maximum atomic E-state index is 12.6. The molecule has 0 radical (unpaired) electrons. The summed E-state index contributed by atoms with van der Waals surface area (Å²) in [7, 11) is 0. The molecule has 0 fully saturated rings. The first-order valence-electron chi connectivity index (χ1n) is 11.7. The highest BCUT2D eigenvalue weighted by Gasteiger charge is 2.26. The largest absolute Gasteiger partial charge is 0.480 e. The minimum atomic E-state index is -1.31. The topological polar surface area (TPSA) is 267 Å². The maximum absolute atomic E-state index is 12.6. The lowest BCUT2D eigenvalue weighted by Gasteiger charge is -2.21. The SMILES string of the molecule is NCC(=O)N[C@@H](CS)C(=O)NCC(=O)NCC(=O)N[C@@H](CS)C(=O)N[C@@H](CS)C(=O)NCC(=O)N[C@@H](CS)C(=O)O. The first kappa shape index (κ1) is 38.1. The zero-order valence-corrected chi connectivity index (χ0v) is 25.1. The second kappa shape index (κ2) is 20.9. The number of hydrogen-bond donors (Lipinski definition) is 13. The predicted molar refractivity (Wildman–Crippen MR) is 159 cm³/mol. The molecule has 10 N–H and O–H groups in total. The smallest absolute Gasteiger partial charge is 0.327 e. The van der Waals surface area contributed by atoms with Crippen molar-refractivity contribution in [2.75, 3.05) is 49.2 Å². The van der Waals surface area contributed by atoms with E-state index < -0.39 is 91.1 Å². The Labute approximate surface area is 257 Å². The molecule has 0 heterocycles. The number of amides is 7. The van der Waals surface area contributed by atoms with Crippen molar-refractivity contribution in [3.63, 3.8) is 0 Å². The Kier molecular flexibility index (Phi) is 19.4. The third kappa shape index (κ3) is 15.6. The lowest BCUT2D eigenvalue weighted by Crippen LogP contribution is -2.57. The van der Waals surface area contributed by atoms with Gasteiger partial charge in [0.25, 0.3) is 0 Å². The monoisotopic (exact) mass is 658 g/mol. The third-order valence-corrected chi connectivity index (χ3v) is 6.24. The molecule has 41 heavy (non-hydrogen) atoms. The molecular weight excluding hydrogens is 625 g/mol. The molecule has 0 aliphatic carbocycles. The molecule has 0 aliphatic heterocycles. The van der Waals surface area contributed by atoms with Gasteiger partial charge in [-0.2, -0.15) is 50.5 Å². The fraction of sp³-hybridized carbons (Fsp3) is 0.600. The molecule has 7 amide bonds. The van der Waals surface area contributed by atoms with Crippen LogP contribution in [0.5, 0.6) is 0 Å². The summed E-state index contributed by atoms with van der Waals surface area (Å²) in [6.45, 7) is -2.01. The minimum absolute atomic E-state index is 0.0521. The van der Waals surface area contributed by atoms with E-state index in [1.54, 1.807) is 0 Å². The van der Waals surface area contributed by atoms with Gasteiger partial charge in [0.2, 0.25) is 41.4 Å². The summed E-state index contributed by atoms with van der Waals surface area (Å²) in [5.74, 6) is -7.15. The molecule has 0 aromatic heterocycles. The molecule has 0 bridgehead atoms. The van der Waals surface area contributed by atoms with Gasteiger partial charge in [-0.25, -0.2) is 4.79 Å². The van der Waals surface area contributed by atoms with E-state index in [4.69, 9.17) is 10.8 Å². The van der Waals surface area contributed by atoms with Crippen molar-refractivity contribution in [3.05, 3.63) is 0 Å². The highest BCUT2D eigenvalue weighted by atomic mass is 32.1. The summed E-state index contributed by atoms with van der Waals surface area (Å²) in [5.41, 5.74) is 5.17. The zero-order valence-electron chi connectivity index (χ0n) is 21.5. The number of thiol groups is 4. The van der Waals surface area contributed by atoms with Gasteiger partial charge in [0, 0.05) is 23.0 Å². The van der Waals surface area contributed by atoms with E-state index in [2.05, 4.69) is 87.7 Å². The molecule has 0 aromatic rings. The predicted octanol–water partition coefficient (Wildman–Crippen LogP) is -5.96. The van der Waals surface area contributed by atoms with Gasteiger partial charge >= 0.3 is 5.97 Å². The molecule has 17 nitrogen and oxygen atoms in total. The van der Waals surface area contributed by atoms with Crippen LogP contribution in [-0.4, -0.2) is 126 Å². The Morgan fingerprint density at radius 2 is 0.878 bits per heavy atom. The quantitative estimate of drug-likeness (QED) is 0.0584. The number of rotatable bonds is 19. The number of hydrogen-bond acceptors (Lipinski definition) is 13. The second-order valence-electron chi connectivity index (χ2n) is 7.91. The molecule has 0 saturated heterocycles. The third-order valence-electron chi connectivity index (χ3n) is 4.78. The summed E-state index contributed by atoms with van der Waals surface area (Å²) in [4.78, 5) is 95.3. The van der Waals surface area contributed by atoms with Gasteiger partial charge in [-0.1, -0.05) is 0 Å². The van der Waals surface area contributed by atoms with E-state index in [1.807, 2.05) is 0 Å². The van der Waals surface area contributed by atoms with Gasteiger partial charge in [0.05, 0.1) is 26.2 Å². The molecule has 0 saturated carbocycles. The molecule has 0 spiro atoms. The summed E-state index contributed by atoms with van der Waals surface area (Å²) >= 11 is 15.7. The molecular formula is C20H34N8O9S4. The fourth-order valence-electron chi connectivity index (χ4n) is 2.61. The summed E-state index contributed by atoms with van der Waals surface area (Å²) in [5, 5.41) is 24.8. The van der Waals surface area contributed by atoms with E-state index in [9.17, 15) is 38.4 Å². The summed E-state index contributed by atoms with van der Waals surface area (Å²) in [6, 6.07) is -4.73. The number of nitrogens with one attached hydrogen (secondary N) is 7. The highest BCUT2D eigenvalue weighted by molar-refractivity contribution is 7.80. The molecule has 0 aliphatic rings. The Balaban J connectivity index is 4.70. The van der Waals surface area contributed by atoms with E-state index in [1.165, 1.54) is 0 Å². The van der Waals surface area contributed by atoms with Crippen molar-refractivity contribution < 1.29 is 43.5 Å². The molecule has 232 valence electrons. The summed E-state index contributed by atoms with van der Waals surface area (Å²) < 4.78 is 0. The highest BCUT2D eigenvalue weighted by Crippen LogP contribution is 1.95. The first-order chi connectivity index (χ1) is 19.3. The fourth-order valence-corrected chi connectivity index (χ4v) is 3.63. The van der Waals surface area contributed by atoms with Crippen LogP contribution in [0, 0.1) is 0 Å². The standard InChI is InChI=1S/C20H34N8O9S4/c21-1-13(29)25-9(5-38)17(33)23-2-14(30)22-3-15(31)26-11(7-40)19(35)28-10(6-39)18(34)24-4-16(32)27-12(8-41)20(36)37/h9-12,38-41H,1-8,21H2,(H,22,30)(H,23,33)(H,24,34)(H,25,29)(H,26,31)(H,27,32)(H,28,35)(H,36,37)/t9-,10-,11-,12-/m0/s1. The van der Waals surface area contributed by atoms with Crippen molar-refractivity contribution in [3.8, 4) is 0 Å². The van der Waals surface area contributed by atoms with Crippen molar-refractivity contribution >= 4 is 97.8 Å². The van der Waals surface area contributed by atoms with Crippen LogP contribution >= 0.6 is 50.5 Å². The molecule has 0 unspecified atom stereocenters. The Hall–Kier alpha value is -2.88. The van der Waals surface area contributed by atoms with Gasteiger partial charge in [-0.15, -0.1) is 0 Å². The second-order valence-corrected chi connectivity index (χ2v) is 9.37. The van der Waals surface area contributed by atoms with E-state index in [0.717, 1.165) is 0 Å². The lowest BCUT2D eigenvalue weighted by molar-refractivity contribution is -0.141. The Bertz CT molecular complexity index is 975. The molecule has 0 rings (SSSR count). The lowest BCUT2D eigenvalue weighted by atomic mass is 10.2. The van der Waals surface area contributed by atoms with E-state index >= 15 is 0 Å². The molecule has 0 aromatic carbocycles. The normalized spacial score (nSPS) is 13.3. The number of nitrogens with two attached hydrogens (primary N) is 1. The van der Waals surface area contributed by atoms with E-state index in [-0.39, 0.29) is 29.6 Å². The van der Waals surface area contributed by atoms with Crippen molar-refractivity contribution in [1.29, 1.82) is 0 Å². The summed E-state index contributed by atoms with van der Waals surface area (Å²) in [6.07, 6.45) is 0. The number of carbonyl (C=O) groups is 8. The van der Waals surface area contributed by atoms with Crippen molar-refractivity contribution in [1.82, 2.24) is 37.2 Å². The van der Waals surface area contributed by atoms with Crippen LogP contribution in [-0.2, 0) is 38.4 Å². The Morgan fingerprint density at radius 3 is 1.32 bits per heavy atom. The van der Waals surface area contributed by atoms with Gasteiger partial charge < -0.3 is 48.1 Å². The van der Waals surface area contributed by atoms with Crippen LogP contribution in [0.25, 0.3) is 0 Å². The van der Waals surface area contributed by atoms with Crippen LogP contribution in [0.2, 0.25) is 0 Å². The minimum Gasteiger partial charge on any atom is -0.480 e. The van der Waals surface area contributed by atoms with Crippen molar-refractivity contribution in [2.24, 2.45) is 5.73 Å². The number of carboxylic acid groups (broad SMARTS) is 1. The average molecular weight is 659 g/mol. The maximum Gasteiger partial charge on any atom is 0.327 e. The van der Waals surface area contributed by atoms with Crippen molar-refractivity contribution in [2.45, 2.75) is 24.2 Å². The number of carboxylic acids is 1. The van der Waals surface area contributed by atoms with Gasteiger partial charge in [0.15, 0.2) is 0 Å². The molecule has 21 heteroatoms. The Morgan fingerprint density at radius 1 is 0.512 bits per heavy atom. The van der Waals surface area contributed by atoms with Gasteiger partial charge in [-0.3, -0.25) is 33.6 Å². The van der Waals surface area contributed by atoms with Crippen LogP contribution in [0.4, 0.5) is 0 Å². The number of aliphatic carboxylic acids is 1. The van der Waals surface area contributed by atoms with Crippen LogP contribution < -0.4 is 43.0 Å². The number of carbonyl (C=O) groups excluding carboxylic acids is 7. The van der Waals surface area contributed by atoms with Crippen LogP contribution in [0.3, 0.4) is 0 Å². The van der Waals surface area contributed by atoms with Crippen LogP contribution in [0.1, 0.15) is 0 Å². The molecule has 4 atom stereocenters. The first-order valence-corrected chi connectivity index (χ1v) is 14.2. The van der Waals surface area contributed by atoms with E-state index in [0.29, 0.717) is 0 Å². The van der Waals surface area contributed by atoms with Gasteiger partial charge in [0.1, 0.15) is 24.2 Å².